The molecule has 0 heterocycles. The van der Waals surface area contributed by atoms with E-state index in [9.17, 15) is 0 Å². The molecule has 1 aromatic carbocycles. The highest BCUT2D eigenvalue weighted by molar-refractivity contribution is 5.29. The molecular formula is C20H31N. The molecule has 0 aromatic heterocycles. The van der Waals surface area contributed by atoms with Crippen LogP contribution in [0, 0.1) is 17.8 Å². The second-order valence-electron chi connectivity index (χ2n) is 7.71. The van der Waals surface area contributed by atoms with Gasteiger partial charge in [-0.2, -0.15) is 0 Å². The van der Waals surface area contributed by atoms with Crippen molar-refractivity contribution < 1.29 is 0 Å². The van der Waals surface area contributed by atoms with Gasteiger partial charge in [0, 0.05) is 0 Å². The third-order valence-electron chi connectivity index (χ3n) is 6.22. The molecule has 2 saturated carbocycles. The normalized spacial score (nSPS) is 30.4. The van der Waals surface area contributed by atoms with Crippen LogP contribution in [0.4, 0.5) is 0 Å². The number of nitrogens with two attached hydrogens (primary N) is 1. The van der Waals surface area contributed by atoms with Crippen molar-refractivity contribution in [2.75, 3.05) is 6.54 Å². The Labute approximate surface area is 130 Å². The molecule has 116 valence electrons. The van der Waals surface area contributed by atoms with E-state index in [4.69, 9.17) is 5.73 Å². The lowest BCUT2D eigenvalue weighted by molar-refractivity contribution is 0.197. The third kappa shape index (κ3) is 3.18. The van der Waals surface area contributed by atoms with Crippen LogP contribution in [0.25, 0.3) is 0 Å². The van der Waals surface area contributed by atoms with Gasteiger partial charge in [0.2, 0.25) is 0 Å². The van der Waals surface area contributed by atoms with Crippen LogP contribution in [-0.2, 0) is 0 Å². The molecule has 21 heavy (non-hydrogen) atoms. The second-order valence-corrected chi connectivity index (χ2v) is 7.71. The van der Waals surface area contributed by atoms with Gasteiger partial charge in [0.05, 0.1) is 0 Å². The fourth-order valence-corrected chi connectivity index (χ4v) is 4.32. The van der Waals surface area contributed by atoms with Crippen molar-refractivity contribution in [1.82, 2.24) is 0 Å². The highest BCUT2D eigenvalue weighted by Crippen LogP contribution is 2.43. The summed E-state index contributed by atoms with van der Waals surface area (Å²) in [5.41, 5.74) is 9.16. The van der Waals surface area contributed by atoms with Gasteiger partial charge in [-0.3, -0.25) is 0 Å². The van der Waals surface area contributed by atoms with Crippen molar-refractivity contribution >= 4 is 0 Å². The van der Waals surface area contributed by atoms with Crippen molar-refractivity contribution in [3.8, 4) is 0 Å². The van der Waals surface area contributed by atoms with Crippen LogP contribution in [0.1, 0.15) is 75.3 Å². The minimum absolute atomic E-state index is 0.687. The van der Waals surface area contributed by atoms with E-state index in [1.807, 2.05) is 0 Å². The lowest BCUT2D eigenvalue weighted by atomic mass is 9.68. The molecule has 0 bridgehead atoms. The zero-order chi connectivity index (χ0) is 14.8. The number of hydrogen-bond donors (Lipinski definition) is 1. The molecule has 1 nitrogen and oxygen atoms in total. The molecule has 0 aliphatic heterocycles. The van der Waals surface area contributed by atoms with Crippen LogP contribution in [0.3, 0.4) is 0 Å². The summed E-state index contributed by atoms with van der Waals surface area (Å²) in [6, 6.07) is 9.60. The SMILES string of the molecule is CC(C)C1CCC(CN)C(c2ccc(C3CCC3)cc2)C1. The molecule has 1 aromatic rings. The Morgan fingerprint density at radius 3 is 2.19 bits per heavy atom. The molecule has 3 atom stereocenters. The molecule has 2 aliphatic rings. The van der Waals surface area contributed by atoms with Gasteiger partial charge in [-0.15, -0.1) is 0 Å². The Kier molecular flexibility index (Phi) is 4.69. The summed E-state index contributed by atoms with van der Waals surface area (Å²) < 4.78 is 0. The van der Waals surface area contributed by atoms with Gasteiger partial charge >= 0.3 is 0 Å². The molecule has 2 aliphatic carbocycles. The van der Waals surface area contributed by atoms with Gasteiger partial charge in [-0.25, -0.2) is 0 Å². The molecule has 3 unspecified atom stereocenters. The van der Waals surface area contributed by atoms with E-state index in [0.717, 1.165) is 24.3 Å². The molecule has 2 N–H and O–H groups in total. The predicted molar refractivity (Wildman–Crippen MR) is 90.5 cm³/mol. The van der Waals surface area contributed by atoms with E-state index in [-0.39, 0.29) is 0 Å². The quantitative estimate of drug-likeness (QED) is 0.821. The van der Waals surface area contributed by atoms with E-state index in [0.29, 0.717) is 11.8 Å². The summed E-state index contributed by atoms with van der Waals surface area (Å²) >= 11 is 0. The van der Waals surface area contributed by atoms with Crippen LogP contribution >= 0.6 is 0 Å². The third-order valence-corrected chi connectivity index (χ3v) is 6.22. The Morgan fingerprint density at radius 1 is 1.00 bits per heavy atom. The number of benzene rings is 1. The van der Waals surface area contributed by atoms with Crippen molar-refractivity contribution in [3.05, 3.63) is 35.4 Å². The van der Waals surface area contributed by atoms with Gasteiger partial charge in [0.1, 0.15) is 0 Å². The van der Waals surface area contributed by atoms with Crippen LogP contribution in [-0.4, -0.2) is 6.54 Å². The Hall–Kier alpha value is -0.820. The van der Waals surface area contributed by atoms with Gasteiger partial charge in [-0.05, 0) is 79.4 Å². The van der Waals surface area contributed by atoms with Gasteiger partial charge in [0.25, 0.3) is 0 Å². The Bertz CT molecular complexity index is 443. The first-order valence-corrected chi connectivity index (χ1v) is 8.99. The topological polar surface area (TPSA) is 26.0 Å². The summed E-state index contributed by atoms with van der Waals surface area (Å²) in [5, 5.41) is 0. The predicted octanol–water partition coefficient (Wildman–Crippen LogP) is 5.07. The first-order valence-electron chi connectivity index (χ1n) is 8.99. The van der Waals surface area contributed by atoms with E-state index in [2.05, 4.69) is 38.1 Å². The molecule has 0 saturated heterocycles. The maximum absolute atomic E-state index is 6.06. The molecule has 1 heteroatoms. The van der Waals surface area contributed by atoms with Crippen molar-refractivity contribution in [2.45, 2.75) is 64.2 Å². The van der Waals surface area contributed by atoms with Crippen molar-refractivity contribution in [2.24, 2.45) is 23.5 Å². The number of hydrogen-bond acceptors (Lipinski definition) is 1. The van der Waals surface area contributed by atoms with Gasteiger partial charge < -0.3 is 5.73 Å². The van der Waals surface area contributed by atoms with Crippen LogP contribution in [0.15, 0.2) is 24.3 Å². The van der Waals surface area contributed by atoms with Gasteiger partial charge in [-0.1, -0.05) is 44.5 Å². The highest BCUT2D eigenvalue weighted by Gasteiger charge is 2.32. The fourth-order valence-electron chi connectivity index (χ4n) is 4.32. The summed E-state index contributed by atoms with van der Waals surface area (Å²) in [5.74, 6) is 3.91. The molecule has 2 fully saturated rings. The van der Waals surface area contributed by atoms with E-state index >= 15 is 0 Å². The fraction of sp³-hybridized carbons (Fsp3) is 0.700. The summed E-state index contributed by atoms with van der Waals surface area (Å²) in [7, 11) is 0. The molecule has 0 spiro atoms. The average Bonchev–Trinajstić information content (AvgIpc) is 2.45. The monoisotopic (exact) mass is 285 g/mol. The summed E-state index contributed by atoms with van der Waals surface area (Å²) in [6.45, 7) is 5.61. The van der Waals surface area contributed by atoms with Crippen LogP contribution in [0.2, 0.25) is 0 Å². The minimum atomic E-state index is 0.687. The smallest absolute Gasteiger partial charge is 0.00430 e. The average molecular weight is 285 g/mol. The van der Waals surface area contributed by atoms with E-state index in [1.54, 1.807) is 11.1 Å². The standard InChI is InChI=1S/C20H31N/c1-14(2)18-10-11-19(13-21)20(12-18)17-8-6-16(7-9-17)15-4-3-5-15/h6-9,14-15,18-20H,3-5,10-13,21H2,1-2H3. The summed E-state index contributed by atoms with van der Waals surface area (Å²) in [4.78, 5) is 0. The largest absolute Gasteiger partial charge is 0.330 e. The molecular weight excluding hydrogens is 254 g/mol. The second kappa shape index (κ2) is 6.52. The lowest BCUT2D eigenvalue weighted by Crippen LogP contribution is -2.30. The Balaban J connectivity index is 1.75. The summed E-state index contributed by atoms with van der Waals surface area (Å²) in [6.07, 6.45) is 8.22. The first-order chi connectivity index (χ1) is 10.2. The zero-order valence-electron chi connectivity index (χ0n) is 13.7. The minimum Gasteiger partial charge on any atom is -0.330 e. The van der Waals surface area contributed by atoms with Crippen LogP contribution in [0.5, 0.6) is 0 Å². The van der Waals surface area contributed by atoms with E-state index < -0.39 is 0 Å². The van der Waals surface area contributed by atoms with Crippen molar-refractivity contribution in [1.29, 1.82) is 0 Å². The molecule has 3 rings (SSSR count). The lowest BCUT2D eigenvalue weighted by Gasteiger charge is -2.38. The van der Waals surface area contributed by atoms with E-state index in [1.165, 1.54) is 38.5 Å². The van der Waals surface area contributed by atoms with Crippen LogP contribution < -0.4 is 5.73 Å². The molecule has 0 radical (unpaired) electrons. The first kappa shape index (κ1) is 15.1. The highest BCUT2D eigenvalue weighted by atomic mass is 14.6. The Morgan fingerprint density at radius 2 is 1.67 bits per heavy atom. The number of rotatable bonds is 4. The zero-order valence-corrected chi connectivity index (χ0v) is 13.7. The maximum Gasteiger partial charge on any atom is -0.00430 e. The van der Waals surface area contributed by atoms with Gasteiger partial charge in [0.15, 0.2) is 0 Å². The van der Waals surface area contributed by atoms with Crippen molar-refractivity contribution in [3.63, 3.8) is 0 Å². The molecule has 0 amide bonds. The maximum atomic E-state index is 6.06.